The van der Waals surface area contributed by atoms with E-state index in [2.05, 4.69) is 174 Å². The van der Waals surface area contributed by atoms with Gasteiger partial charge in [0.2, 0.25) is 0 Å². The third kappa shape index (κ3) is 5.03. The van der Waals surface area contributed by atoms with E-state index in [0.29, 0.717) is 17.5 Å². The molecule has 9 aromatic carbocycles. The predicted molar refractivity (Wildman–Crippen MR) is 261 cm³/mol. The fourth-order valence-corrected chi connectivity index (χ4v) is 11.8. The topological polar surface area (TPSA) is 56.7 Å². The van der Waals surface area contributed by atoms with Crippen molar-refractivity contribution in [2.24, 2.45) is 0 Å². The molecule has 0 saturated heterocycles. The maximum Gasteiger partial charge on any atom is 0.167 e. The molecule has 0 fully saturated rings. The van der Waals surface area contributed by atoms with Gasteiger partial charge in [-0.2, -0.15) is 0 Å². The van der Waals surface area contributed by atoms with Gasteiger partial charge >= 0.3 is 0 Å². The Kier molecular flexibility index (Phi) is 7.08. The molecular formula is C55H30N4OS2. The summed E-state index contributed by atoms with van der Waals surface area (Å²) in [6, 6.07) is 65.0. The molecule has 0 atom stereocenters. The van der Waals surface area contributed by atoms with Crippen LogP contribution in [0.25, 0.3) is 135 Å². The molecule has 5 heterocycles. The van der Waals surface area contributed by atoms with Crippen molar-refractivity contribution in [2.45, 2.75) is 0 Å². The van der Waals surface area contributed by atoms with Crippen LogP contribution in [0.2, 0.25) is 0 Å². The first-order valence-corrected chi connectivity index (χ1v) is 22.3. The minimum absolute atomic E-state index is 0.551. The van der Waals surface area contributed by atoms with Crippen LogP contribution in [0.15, 0.2) is 186 Å². The van der Waals surface area contributed by atoms with Gasteiger partial charge in [0.15, 0.2) is 17.5 Å². The van der Waals surface area contributed by atoms with Crippen LogP contribution < -0.4 is 0 Å². The van der Waals surface area contributed by atoms with Crippen molar-refractivity contribution in [2.75, 3.05) is 0 Å². The molecule has 288 valence electrons. The second-order valence-electron chi connectivity index (χ2n) is 16.0. The van der Waals surface area contributed by atoms with Gasteiger partial charge in [0.25, 0.3) is 0 Å². The number of thiophene rings is 2. The Labute approximate surface area is 361 Å². The summed E-state index contributed by atoms with van der Waals surface area (Å²) in [5.41, 5.74) is 7.48. The van der Waals surface area contributed by atoms with Crippen molar-refractivity contribution in [1.29, 1.82) is 0 Å². The van der Waals surface area contributed by atoms with Gasteiger partial charge in [-0.1, -0.05) is 121 Å². The Hall–Kier alpha value is -7.71. The third-order valence-corrected chi connectivity index (χ3v) is 14.7. The number of fused-ring (bicyclic) bond motifs is 13. The van der Waals surface area contributed by atoms with Gasteiger partial charge in [-0.25, -0.2) is 15.0 Å². The molecule has 7 heteroatoms. The summed E-state index contributed by atoms with van der Waals surface area (Å²) >= 11 is 3.59. The lowest BCUT2D eigenvalue weighted by molar-refractivity contribution is 0.669. The number of nitrogens with zero attached hydrogens (tertiary/aromatic N) is 4. The van der Waals surface area contributed by atoms with Crippen LogP contribution in [0.3, 0.4) is 0 Å². The number of furan rings is 1. The van der Waals surface area contributed by atoms with Gasteiger partial charge in [-0.3, -0.25) is 0 Å². The zero-order valence-electron chi connectivity index (χ0n) is 32.8. The first-order chi connectivity index (χ1) is 30.7. The second kappa shape index (κ2) is 12.9. The minimum atomic E-state index is 0.551. The number of hydrogen-bond acceptors (Lipinski definition) is 6. The van der Waals surface area contributed by atoms with Crippen molar-refractivity contribution in [3.05, 3.63) is 182 Å². The Morgan fingerprint density at radius 1 is 0.371 bits per heavy atom. The standard InChI is InChI=1S/C55H30N4OS2/c1-2-12-32-26-46-42(25-31(32)11-1)36-13-3-7-17-45(36)59(46)35-29-43-37-14-4-8-18-47(37)60-52(43)44(30-35)55-57-53(33-21-23-40-38-15-5-9-19-48(38)61-50(40)27-33)56-54(58-55)34-22-24-41-39-16-6-10-20-49(39)62-51(41)28-34/h1-30H. The molecular weight excluding hydrogens is 797 g/mol. The third-order valence-electron chi connectivity index (χ3n) is 12.4. The molecule has 62 heavy (non-hydrogen) atoms. The Balaban J connectivity index is 1.06. The molecule has 0 aliphatic carbocycles. The van der Waals surface area contributed by atoms with Crippen molar-refractivity contribution in [3.8, 4) is 39.9 Å². The molecule has 0 saturated carbocycles. The van der Waals surface area contributed by atoms with Crippen LogP contribution in [0.1, 0.15) is 0 Å². The highest BCUT2D eigenvalue weighted by Crippen LogP contribution is 2.43. The van der Waals surface area contributed by atoms with E-state index in [9.17, 15) is 0 Å². The number of aromatic nitrogens is 4. The molecule has 14 rings (SSSR count). The average molecular weight is 827 g/mol. The highest BCUT2D eigenvalue weighted by atomic mass is 32.1. The van der Waals surface area contributed by atoms with Crippen LogP contribution in [-0.2, 0) is 0 Å². The second-order valence-corrected chi connectivity index (χ2v) is 18.1. The summed E-state index contributed by atoms with van der Waals surface area (Å²) in [6.07, 6.45) is 0. The van der Waals surface area contributed by atoms with Gasteiger partial charge in [-0.05, 0) is 71.4 Å². The molecule has 0 N–H and O–H groups in total. The molecule has 0 unspecified atom stereocenters. The molecule has 0 amide bonds. The van der Waals surface area contributed by atoms with E-state index in [0.717, 1.165) is 55.3 Å². The van der Waals surface area contributed by atoms with Crippen molar-refractivity contribution < 1.29 is 4.42 Å². The Morgan fingerprint density at radius 2 is 0.919 bits per heavy atom. The van der Waals surface area contributed by atoms with Gasteiger partial charge in [0.1, 0.15) is 11.2 Å². The highest BCUT2D eigenvalue weighted by molar-refractivity contribution is 7.26. The number of benzene rings is 9. The smallest absolute Gasteiger partial charge is 0.167 e. The SMILES string of the molecule is c1ccc2cc3c(cc2c1)c1ccccc1n3-c1cc(-c2nc(-c3ccc4c(c3)sc3ccccc34)nc(-c3ccc4c(c3)sc3ccccc34)n2)c2oc3ccccc3c2c1. The molecule has 0 bridgehead atoms. The summed E-state index contributed by atoms with van der Waals surface area (Å²) in [4.78, 5) is 16.0. The lowest BCUT2D eigenvalue weighted by Gasteiger charge is -2.13. The summed E-state index contributed by atoms with van der Waals surface area (Å²) in [5, 5.41) is 11.8. The molecule has 5 nitrogen and oxygen atoms in total. The monoisotopic (exact) mass is 826 g/mol. The number of para-hydroxylation sites is 2. The minimum Gasteiger partial charge on any atom is -0.455 e. The van der Waals surface area contributed by atoms with E-state index in [1.165, 1.54) is 61.9 Å². The normalized spacial score (nSPS) is 12.2. The average Bonchev–Trinajstić information content (AvgIpc) is 4.08. The maximum absolute atomic E-state index is 6.81. The fourth-order valence-electron chi connectivity index (χ4n) is 9.52. The van der Waals surface area contributed by atoms with Crippen molar-refractivity contribution in [1.82, 2.24) is 19.5 Å². The van der Waals surface area contributed by atoms with E-state index in [1.807, 2.05) is 12.1 Å². The van der Waals surface area contributed by atoms with Gasteiger partial charge in [0, 0.05) is 78.7 Å². The molecule has 0 radical (unpaired) electrons. The molecule has 5 aromatic heterocycles. The van der Waals surface area contributed by atoms with Crippen LogP contribution in [0, 0.1) is 0 Å². The summed E-state index contributed by atoms with van der Waals surface area (Å²) in [7, 11) is 0. The highest BCUT2D eigenvalue weighted by Gasteiger charge is 2.22. The molecule has 0 aliphatic heterocycles. The number of hydrogen-bond donors (Lipinski definition) is 0. The van der Waals surface area contributed by atoms with Gasteiger partial charge in [-0.15, -0.1) is 22.7 Å². The quantitative estimate of drug-likeness (QED) is 0.177. The van der Waals surface area contributed by atoms with E-state index >= 15 is 0 Å². The molecule has 0 spiro atoms. The van der Waals surface area contributed by atoms with Crippen molar-refractivity contribution >= 4 is 118 Å². The van der Waals surface area contributed by atoms with E-state index < -0.39 is 0 Å². The lowest BCUT2D eigenvalue weighted by atomic mass is 10.1. The molecule has 0 aliphatic rings. The van der Waals surface area contributed by atoms with Gasteiger partial charge in [0.05, 0.1) is 16.6 Å². The Bertz CT molecular complexity index is 4060. The number of rotatable bonds is 4. The van der Waals surface area contributed by atoms with E-state index in [1.54, 1.807) is 22.7 Å². The van der Waals surface area contributed by atoms with Crippen LogP contribution in [0.4, 0.5) is 0 Å². The van der Waals surface area contributed by atoms with E-state index in [4.69, 9.17) is 19.4 Å². The van der Waals surface area contributed by atoms with E-state index in [-0.39, 0.29) is 0 Å². The summed E-state index contributed by atoms with van der Waals surface area (Å²) in [5.74, 6) is 1.77. The van der Waals surface area contributed by atoms with Crippen molar-refractivity contribution in [3.63, 3.8) is 0 Å². The molecule has 14 aromatic rings. The van der Waals surface area contributed by atoms with Crippen LogP contribution >= 0.6 is 22.7 Å². The Morgan fingerprint density at radius 3 is 1.61 bits per heavy atom. The van der Waals surface area contributed by atoms with Crippen LogP contribution in [0.5, 0.6) is 0 Å². The summed E-state index contributed by atoms with van der Waals surface area (Å²) < 4.78 is 14.1. The zero-order chi connectivity index (χ0) is 40.5. The first-order valence-electron chi connectivity index (χ1n) is 20.7. The largest absolute Gasteiger partial charge is 0.455 e. The predicted octanol–water partition coefficient (Wildman–Crippen LogP) is 15.8. The van der Waals surface area contributed by atoms with Crippen LogP contribution in [-0.4, -0.2) is 19.5 Å². The maximum atomic E-state index is 6.81. The van der Waals surface area contributed by atoms with Gasteiger partial charge < -0.3 is 8.98 Å². The summed E-state index contributed by atoms with van der Waals surface area (Å²) in [6.45, 7) is 0. The lowest BCUT2D eigenvalue weighted by Crippen LogP contribution is -2.01. The zero-order valence-corrected chi connectivity index (χ0v) is 34.5. The fraction of sp³-hybridized carbons (Fsp3) is 0. The first kappa shape index (κ1) is 34.0.